The minimum Gasteiger partial charge on any atom is -0.342 e. The van der Waals surface area contributed by atoms with Crippen molar-refractivity contribution < 1.29 is 4.79 Å². The normalized spacial score (nSPS) is 16.6. The zero-order valence-electron chi connectivity index (χ0n) is 15.4. The first kappa shape index (κ1) is 18.2. The molecule has 4 rings (SSSR count). The molecule has 27 heavy (non-hydrogen) atoms. The molecule has 1 aliphatic carbocycles. The molecule has 0 unspecified atom stereocenters. The number of piperidine rings is 1. The van der Waals surface area contributed by atoms with Gasteiger partial charge in [0.05, 0.1) is 5.69 Å². The number of likely N-dealkylation sites (tertiary alicyclic amines) is 1. The summed E-state index contributed by atoms with van der Waals surface area (Å²) in [7, 11) is 0. The summed E-state index contributed by atoms with van der Waals surface area (Å²) >= 11 is 6.27. The molecule has 0 bridgehead atoms. The van der Waals surface area contributed by atoms with Crippen molar-refractivity contribution in [2.75, 3.05) is 19.6 Å². The van der Waals surface area contributed by atoms with Crippen LogP contribution in [0.25, 0.3) is 5.57 Å². The van der Waals surface area contributed by atoms with Crippen LogP contribution in [0.2, 0.25) is 5.02 Å². The van der Waals surface area contributed by atoms with E-state index < -0.39 is 0 Å². The highest BCUT2D eigenvalue weighted by atomic mass is 35.5. The average Bonchev–Trinajstić information content (AvgIpc) is 2.85. The molecule has 0 radical (unpaired) electrons. The van der Waals surface area contributed by atoms with E-state index in [1.165, 1.54) is 27.8 Å². The van der Waals surface area contributed by atoms with E-state index in [0.29, 0.717) is 13.0 Å². The predicted molar refractivity (Wildman–Crippen MR) is 109 cm³/mol. The summed E-state index contributed by atoms with van der Waals surface area (Å²) in [5.74, 6) is 0.160. The van der Waals surface area contributed by atoms with Gasteiger partial charge in [0.25, 0.3) is 0 Å². The van der Waals surface area contributed by atoms with E-state index >= 15 is 0 Å². The molecule has 1 saturated heterocycles. The van der Waals surface area contributed by atoms with Gasteiger partial charge in [-0.25, -0.2) is 0 Å². The topological polar surface area (TPSA) is 59.2 Å². The molecule has 2 aliphatic rings. The quantitative estimate of drug-likeness (QED) is 0.864. The zero-order chi connectivity index (χ0) is 18.8. The van der Waals surface area contributed by atoms with Crippen molar-refractivity contribution in [2.24, 2.45) is 5.73 Å². The third kappa shape index (κ3) is 3.64. The maximum Gasteiger partial charge on any atom is 0.223 e. The summed E-state index contributed by atoms with van der Waals surface area (Å²) in [6, 6.07) is 10.4. The van der Waals surface area contributed by atoms with Gasteiger partial charge >= 0.3 is 0 Å². The number of pyridine rings is 1. The number of carbonyl (C=O) groups excluding carboxylic acids is 1. The van der Waals surface area contributed by atoms with Crippen molar-refractivity contribution in [1.29, 1.82) is 0 Å². The molecule has 1 aromatic carbocycles. The SMILES string of the molecule is NCCC(=O)N1CCC(=C2c3ccc(Cl)cc3CCc3cccnc32)CC1. The second-order valence-electron chi connectivity index (χ2n) is 7.21. The second-order valence-corrected chi connectivity index (χ2v) is 7.65. The number of hydrogen-bond acceptors (Lipinski definition) is 3. The van der Waals surface area contributed by atoms with Gasteiger partial charge < -0.3 is 10.6 Å². The van der Waals surface area contributed by atoms with Crippen LogP contribution in [0.4, 0.5) is 0 Å². The van der Waals surface area contributed by atoms with Gasteiger partial charge in [-0.3, -0.25) is 9.78 Å². The van der Waals surface area contributed by atoms with E-state index in [1.54, 1.807) is 0 Å². The highest BCUT2D eigenvalue weighted by molar-refractivity contribution is 6.30. The van der Waals surface area contributed by atoms with Gasteiger partial charge in [0.1, 0.15) is 0 Å². The summed E-state index contributed by atoms with van der Waals surface area (Å²) < 4.78 is 0. The van der Waals surface area contributed by atoms with Crippen LogP contribution in [0, 0.1) is 0 Å². The van der Waals surface area contributed by atoms with Crippen molar-refractivity contribution in [3.63, 3.8) is 0 Å². The van der Waals surface area contributed by atoms with Gasteiger partial charge in [0, 0.05) is 42.8 Å². The summed E-state index contributed by atoms with van der Waals surface area (Å²) in [5, 5.41) is 0.777. The van der Waals surface area contributed by atoms with Gasteiger partial charge in [-0.15, -0.1) is 0 Å². The zero-order valence-corrected chi connectivity index (χ0v) is 16.1. The van der Waals surface area contributed by atoms with Gasteiger partial charge in [-0.1, -0.05) is 29.3 Å². The van der Waals surface area contributed by atoms with E-state index in [2.05, 4.69) is 18.2 Å². The summed E-state index contributed by atoms with van der Waals surface area (Å²) in [5.41, 5.74) is 13.1. The molecule has 2 N–H and O–H groups in total. The van der Waals surface area contributed by atoms with E-state index in [-0.39, 0.29) is 5.91 Å². The van der Waals surface area contributed by atoms with Crippen molar-refractivity contribution in [1.82, 2.24) is 9.88 Å². The van der Waals surface area contributed by atoms with E-state index in [1.807, 2.05) is 23.2 Å². The molecule has 0 atom stereocenters. The number of amides is 1. The Kier molecular flexibility index (Phi) is 5.28. The monoisotopic (exact) mass is 381 g/mol. The third-order valence-electron chi connectivity index (χ3n) is 5.56. The fourth-order valence-electron chi connectivity index (χ4n) is 4.19. The Labute approximate surface area is 165 Å². The van der Waals surface area contributed by atoms with Crippen molar-refractivity contribution in [3.05, 3.63) is 69.5 Å². The maximum atomic E-state index is 12.2. The molecule has 1 fully saturated rings. The van der Waals surface area contributed by atoms with Gasteiger partial charge in [-0.2, -0.15) is 0 Å². The predicted octanol–water partition coefficient (Wildman–Crippen LogP) is 3.61. The molecular weight excluding hydrogens is 358 g/mol. The smallest absolute Gasteiger partial charge is 0.223 e. The van der Waals surface area contributed by atoms with Crippen molar-refractivity contribution >= 4 is 23.1 Å². The van der Waals surface area contributed by atoms with Crippen LogP contribution in [0.1, 0.15) is 41.6 Å². The molecule has 1 amide bonds. The first-order chi connectivity index (χ1) is 13.2. The Bertz CT molecular complexity index is 896. The molecule has 4 nitrogen and oxygen atoms in total. The molecule has 5 heteroatoms. The summed E-state index contributed by atoms with van der Waals surface area (Å²) in [4.78, 5) is 18.9. The highest BCUT2D eigenvalue weighted by Crippen LogP contribution is 2.38. The Balaban J connectivity index is 1.76. The minimum atomic E-state index is 0.160. The number of hydrogen-bond donors (Lipinski definition) is 1. The number of halogens is 1. The van der Waals surface area contributed by atoms with Crippen molar-refractivity contribution in [2.45, 2.75) is 32.1 Å². The number of carbonyl (C=O) groups is 1. The van der Waals surface area contributed by atoms with Gasteiger partial charge in [0.15, 0.2) is 0 Å². The van der Waals surface area contributed by atoms with Gasteiger partial charge in [-0.05, 0) is 60.6 Å². The number of fused-ring (bicyclic) bond motifs is 2. The highest BCUT2D eigenvalue weighted by Gasteiger charge is 2.26. The largest absolute Gasteiger partial charge is 0.342 e. The van der Waals surface area contributed by atoms with E-state index in [0.717, 1.165) is 49.5 Å². The number of nitrogens with zero attached hydrogens (tertiary/aromatic N) is 2. The molecule has 1 aliphatic heterocycles. The van der Waals surface area contributed by atoms with Crippen LogP contribution in [0.5, 0.6) is 0 Å². The van der Waals surface area contributed by atoms with E-state index in [9.17, 15) is 4.79 Å². The Morgan fingerprint density at radius 3 is 2.67 bits per heavy atom. The molecule has 1 aromatic heterocycles. The molecular formula is C22H24ClN3O. The third-order valence-corrected chi connectivity index (χ3v) is 5.79. The van der Waals surface area contributed by atoms with Crippen LogP contribution < -0.4 is 5.73 Å². The number of aromatic nitrogens is 1. The number of rotatable bonds is 2. The minimum absolute atomic E-state index is 0.160. The lowest BCUT2D eigenvalue weighted by Crippen LogP contribution is -2.37. The number of nitrogens with two attached hydrogens (primary N) is 1. The summed E-state index contributed by atoms with van der Waals surface area (Å²) in [6.07, 6.45) is 5.99. The standard InChI is InChI=1S/C22H24ClN3O/c23-18-5-6-19-17(14-18)4-3-16-2-1-11-25-22(16)21(19)15-8-12-26(13-9-15)20(27)7-10-24/h1-2,5-6,11,14H,3-4,7-10,12-13,24H2. The van der Waals surface area contributed by atoms with Gasteiger partial charge in [0.2, 0.25) is 5.91 Å². The number of aryl methyl sites for hydroxylation is 2. The molecule has 0 spiro atoms. The Morgan fingerprint density at radius 1 is 1.11 bits per heavy atom. The Hall–Kier alpha value is -2.17. The number of benzene rings is 1. The average molecular weight is 382 g/mol. The fourth-order valence-corrected chi connectivity index (χ4v) is 4.39. The first-order valence-electron chi connectivity index (χ1n) is 9.60. The summed E-state index contributed by atoms with van der Waals surface area (Å²) in [6.45, 7) is 1.92. The molecule has 2 heterocycles. The van der Waals surface area contributed by atoms with Crippen LogP contribution in [-0.2, 0) is 17.6 Å². The van der Waals surface area contributed by atoms with Crippen molar-refractivity contribution in [3.8, 4) is 0 Å². The lowest BCUT2D eigenvalue weighted by Gasteiger charge is -2.30. The van der Waals surface area contributed by atoms with Crippen LogP contribution >= 0.6 is 11.6 Å². The molecule has 0 saturated carbocycles. The first-order valence-corrected chi connectivity index (χ1v) is 9.98. The Morgan fingerprint density at radius 2 is 1.89 bits per heavy atom. The van der Waals surface area contributed by atoms with Crippen LogP contribution in [-0.4, -0.2) is 35.4 Å². The molecule has 2 aromatic rings. The fraction of sp³-hybridized carbons (Fsp3) is 0.364. The lowest BCUT2D eigenvalue weighted by molar-refractivity contribution is -0.131. The van der Waals surface area contributed by atoms with E-state index in [4.69, 9.17) is 22.3 Å². The van der Waals surface area contributed by atoms with Crippen LogP contribution in [0.15, 0.2) is 42.1 Å². The molecule has 140 valence electrons. The maximum absolute atomic E-state index is 12.2. The second kappa shape index (κ2) is 7.83. The lowest BCUT2D eigenvalue weighted by atomic mass is 9.88. The van der Waals surface area contributed by atoms with Crippen LogP contribution in [0.3, 0.4) is 0 Å².